The van der Waals surface area contributed by atoms with Gasteiger partial charge in [0.05, 0.1) is 24.9 Å². The molecule has 0 radical (unpaired) electrons. The molecule has 196 valence electrons. The highest BCUT2D eigenvalue weighted by Gasteiger charge is 2.26. The summed E-state index contributed by atoms with van der Waals surface area (Å²) >= 11 is 0. The highest BCUT2D eigenvalue weighted by molar-refractivity contribution is 5.79. The van der Waals surface area contributed by atoms with Gasteiger partial charge in [-0.05, 0) is 65.6 Å². The second-order valence-corrected chi connectivity index (χ2v) is 10.0. The molecule has 3 aliphatic heterocycles. The maximum atomic E-state index is 13.3. The van der Waals surface area contributed by atoms with Crippen LogP contribution < -0.4 is 9.47 Å². The summed E-state index contributed by atoms with van der Waals surface area (Å²) in [5, 5.41) is 9.78. The quantitative estimate of drug-likeness (QED) is 0.381. The van der Waals surface area contributed by atoms with Crippen LogP contribution >= 0.6 is 0 Å². The van der Waals surface area contributed by atoms with E-state index in [9.17, 15) is 10.1 Å². The molecule has 1 aromatic heterocycles. The number of benzene rings is 3. The number of fused-ring (bicyclic) bond motifs is 2. The number of ether oxygens (including phenoxy) is 2. The predicted octanol–water partition coefficient (Wildman–Crippen LogP) is 4.74. The summed E-state index contributed by atoms with van der Waals surface area (Å²) in [4.78, 5) is 22.0. The first-order valence-electron chi connectivity index (χ1n) is 13.0. The molecule has 0 saturated carbocycles. The van der Waals surface area contributed by atoms with Crippen molar-refractivity contribution in [3.8, 4) is 34.4 Å². The van der Waals surface area contributed by atoms with Gasteiger partial charge in [-0.25, -0.2) is 4.98 Å². The number of nitriles is 1. The van der Waals surface area contributed by atoms with Gasteiger partial charge in [0.1, 0.15) is 29.1 Å². The van der Waals surface area contributed by atoms with Gasteiger partial charge in [0.25, 0.3) is 0 Å². The topological polar surface area (TPSA) is 83.6 Å². The van der Waals surface area contributed by atoms with Gasteiger partial charge in [-0.3, -0.25) is 9.69 Å². The second-order valence-electron chi connectivity index (χ2n) is 10.0. The maximum absolute atomic E-state index is 13.3. The highest BCUT2D eigenvalue weighted by Crippen LogP contribution is 2.34. The molecular weight excluding hydrogens is 490 g/mol. The molecule has 8 heteroatoms. The Labute approximate surface area is 227 Å². The molecule has 3 aromatic carbocycles. The summed E-state index contributed by atoms with van der Waals surface area (Å²) in [5.74, 6) is 2.88. The molecule has 0 aliphatic carbocycles. The Morgan fingerprint density at radius 2 is 1.90 bits per heavy atom. The monoisotopic (exact) mass is 519 g/mol. The van der Waals surface area contributed by atoms with Gasteiger partial charge in [0.2, 0.25) is 5.91 Å². The minimum absolute atomic E-state index is 0.0935. The Morgan fingerprint density at radius 1 is 1.00 bits per heavy atom. The second kappa shape index (κ2) is 10.3. The number of aryl methyl sites for hydroxylation is 1. The first kappa shape index (κ1) is 24.7. The standard InChI is InChI=1S/C31H29N5O3/c1-21-33-16-26-19-34-10-11-35(31(37)20-34)18-25-14-28(8-9-29(25)23-4-3-5-27(13-23)38-2)39-30-12-22(17-36(21)26)6-7-24(30)15-32/h3-9,12-14,16H,10-11,17-20H2,1-2H3. The number of aromatic nitrogens is 2. The summed E-state index contributed by atoms with van der Waals surface area (Å²) in [6.07, 6.45) is 1.89. The molecule has 1 fully saturated rings. The average Bonchev–Trinajstić information content (AvgIpc) is 3.28. The van der Waals surface area contributed by atoms with Gasteiger partial charge in [-0.2, -0.15) is 5.26 Å². The number of methoxy groups -OCH3 is 1. The predicted molar refractivity (Wildman–Crippen MR) is 146 cm³/mol. The van der Waals surface area contributed by atoms with E-state index in [4.69, 9.17) is 9.47 Å². The number of carbonyl (C=O) groups excluding carboxylic acids is 1. The fourth-order valence-corrected chi connectivity index (χ4v) is 5.34. The Balaban J connectivity index is 1.46. The van der Waals surface area contributed by atoms with E-state index in [-0.39, 0.29) is 5.91 Å². The van der Waals surface area contributed by atoms with Crippen LogP contribution in [0.1, 0.15) is 28.2 Å². The van der Waals surface area contributed by atoms with Crippen molar-refractivity contribution in [3.05, 3.63) is 95.1 Å². The van der Waals surface area contributed by atoms with Crippen LogP contribution in [0.25, 0.3) is 11.1 Å². The van der Waals surface area contributed by atoms with Crippen LogP contribution in [0.15, 0.2) is 66.9 Å². The van der Waals surface area contributed by atoms with E-state index < -0.39 is 0 Å². The summed E-state index contributed by atoms with van der Waals surface area (Å²) in [6, 6.07) is 21.8. The Hall–Kier alpha value is -4.61. The van der Waals surface area contributed by atoms with E-state index in [0.717, 1.165) is 46.1 Å². The van der Waals surface area contributed by atoms with Gasteiger partial charge < -0.3 is 18.9 Å². The number of carbonyl (C=O) groups is 1. The van der Waals surface area contributed by atoms with Crippen molar-refractivity contribution < 1.29 is 14.3 Å². The van der Waals surface area contributed by atoms with Crippen molar-refractivity contribution in [1.82, 2.24) is 19.4 Å². The van der Waals surface area contributed by atoms with Crippen LogP contribution in [0.4, 0.5) is 0 Å². The van der Waals surface area contributed by atoms with E-state index in [0.29, 0.717) is 49.8 Å². The third kappa shape index (κ3) is 4.97. The molecule has 4 heterocycles. The molecule has 6 bridgehead atoms. The number of hydrogen-bond acceptors (Lipinski definition) is 6. The van der Waals surface area contributed by atoms with Crippen LogP contribution in [0, 0.1) is 18.3 Å². The Bertz CT molecular complexity index is 1600. The van der Waals surface area contributed by atoms with Crippen molar-refractivity contribution in [3.63, 3.8) is 0 Å². The van der Waals surface area contributed by atoms with Gasteiger partial charge in [0, 0.05) is 38.9 Å². The number of nitrogens with zero attached hydrogens (tertiary/aromatic N) is 5. The first-order chi connectivity index (χ1) is 19.0. The SMILES string of the molecule is COc1cccc(-c2ccc3cc2CN2CCN(CC2=O)Cc2cnc(C)n2Cc2ccc(C#N)c(c2)O3)c1. The van der Waals surface area contributed by atoms with E-state index in [1.54, 1.807) is 13.2 Å². The molecule has 1 unspecified atom stereocenters. The number of piperazine rings is 1. The molecule has 3 aliphatic rings. The zero-order valence-corrected chi connectivity index (χ0v) is 22.1. The normalized spacial score (nSPS) is 16.8. The molecular formula is C31H29N5O3. The number of hydrogen-bond donors (Lipinski definition) is 0. The van der Waals surface area contributed by atoms with E-state index in [1.807, 2.05) is 72.6 Å². The van der Waals surface area contributed by atoms with E-state index in [1.165, 1.54) is 0 Å². The van der Waals surface area contributed by atoms with Gasteiger partial charge in [-0.1, -0.05) is 24.3 Å². The van der Waals surface area contributed by atoms with Gasteiger partial charge in [-0.15, -0.1) is 0 Å². The third-order valence-corrected chi connectivity index (χ3v) is 7.47. The van der Waals surface area contributed by atoms with Crippen molar-refractivity contribution >= 4 is 5.91 Å². The Morgan fingerprint density at radius 3 is 2.72 bits per heavy atom. The minimum atomic E-state index is 0.0935. The lowest BCUT2D eigenvalue weighted by molar-refractivity contribution is -0.136. The van der Waals surface area contributed by atoms with Crippen LogP contribution in [-0.4, -0.2) is 52.0 Å². The fraction of sp³-hybridized carbons (Fsp3) is 0.258. The van der Waals surface area contributed by atoms with Crippen LogP contribution in [0.2, 0.25) is 0 Å². The number of rotatable bonds is 2. The molecule has 4 aromatic rings. The summed E-state index contributed by atoms with van der Waals surface area (Å²) in [7, 11) is 1.65. The van der Waals surface area contributed by atoms with Crippen molar-refractivity contribution in [2.45, 2.75) is 26.6 Å². The number of amides is 1. The summed E-state index contributed by atoms with van der Waals surface area (Å²) in [5.41, 5.74) is 5.50. The third-order valence-electron chi connectivity index (χ3n) is 7.47. The molecule has 1 saturated heterocycles. The average molecular weight is 520 g/mol. The zero-order chi connectivity index (χ0) is 26.9. The summed E-state index contributed by atoms with van der Waals surface area (Å²) < 4.78 is 14.0. The van der Waals surface area contributed by atoms with Crippen LogP contribution in [0.3, 0.4) is 0 Å². The lowest BCUT2D eigenvalue weighted by Crippen LogP contribution is -2.49. The molecule has 1 atom stereocenters. The maximum Gasteiger partial charge on any atom is 0.237 e. The fourth-order valence-electron chi connectivity index (χ4n) is 5.34. The highest BCUT2D eigenvalue weighted by atomic mass is 16.5. The van der Waals surface area contributed by atoms with Gasteiger partial charge >= 0.3 is 0 Å². The molecule has 1 amide bonds. The van der Waals surface area contributed by atoms with Crippen molar-refractivity contribution in [2.24, 2.45) is 0 Å². The smallest absolute Gasteiger partial charge is 0.237 e. The van der Waals surface area contributed by atoms with Crippen LogP contribution in [0.5, 0.6) is 17.2 Å². The van der Waals surface area contributed by atoms with E-state index >= 15 is 0 Å². The lowest BCUT2D eigenvalue weighted by Gasteiger charge is -2.35. The summed E-state index contributed by atoms with van der Waals surface area (Å²) in [6.45, 7) is 5.45. The molecule has 8 nitrogen and oxygen atoms in total. The first-order valence-corrected chi connectivity index (χ1v) is 13.0. The van der Waals surface area contributed by atoms with Crippen molar-refractivity contribution in [1.29, 1.82) is 5.26 Å². The molecule has 0 N–H and O–H groups in total. The van der Waals surface area contributed by atoms with Crippen LogP contribution in [-0.2, 0) is 24.4 Å². The minimum Gasteiger partial charge on any atom is -0.497 e. The molecule has 7 rings (SSSR count). The van der Waals surface area contributed by atoms with E-state index in [2.05, 4.69) is 20.5 Å². The largest absolute Gasteiger partial charge is 0.497 e. The number of imidazole rings is 1. The van der Waals surface area contributed by atoms with Crippen molar-refractivity contribution in [2.75, 3.05) is 26.7 Å². The zero-order valence-electron chi connectivity index (χ0n) is 22.1. The molecule has 0 spiro atoms. The molecule has 39 heavy (non-hydrogen) atoms. The lowest BCUT2D eigenvalue weighted by atomic mass is 9.98. The van der Waals surface area contributed by atoms with Gasteiger partial charge in [0.15, 0.2) is 0 Å². The Kier molecular flexibility index (Phi) is 6.51.